The summed E-state index contributed by atoms with van der Waals surface area (Å²) < 4.78 is 5.17. The third kappa shape index (κ3) is 3.27. The number of anilines is 1. The molecule has 2 N–H and O–H groups in total. The van der Waals surface area contributed by atoms with Crippen molar-refractivity contribution in [1.29, 1.82) is 0 Å². The van der Waals surface area contributed by atoms with Gasteiger partial charge in [0.25, 0.3) is 0 Å². The molecule has 0 spiro atoms. The van der Waals surface area contributed by atoms with Gasteiger partial charge >= 0.3 is 0 Å². The molecule has 3 rings (SSSR count). The van der Waals surface area contributed by atoms with Crippen LogP contribution < -0.4 is 5.32 Å². The lowest BCUT2D eigenvalue weighted by Crippen LogP contribution is -2.27. The molecule has 0 bridgehead atoms. The van der Waals surface area contributed by atoms with Crippen LogP contribution in [-0.2, 0) is 6.42 Å². The van der Waals surface area contributed by atoms with E-state index in [1.807, 2.05) is 19.9 Å². The minimum atomic E-state index is -0.161. The van der Waals surface area contributed by atoms with Crippen LogP contribution in [0.4, 0.5) is 5.82 Å². The van der Waals surface area contributed by atoms with E-state index in [0.29, 0.717) is 5.92 Å². The van der Waals surface area contributed by atoms with E-state index in [0.717, 1.165) is 55.2 Å². The third-order valence-corrected chi connectivity index (χ3v) is 4.31. The van der Waals surface area contributed by atoms with Crippen molar-refractivity contribution < 1.29 is 9.63 Å². The molecule has 2 aromatic rings. The summed E-state index contributed by atoms with van der Waals surface area (Å²) in [5.74, 6) is 2.14. The van der Waals surface area contributed by atoms with Gasteiger partial charge in [0.15, 0.2) is 0 Å². The minimum Gasteiger partial charge on any atom is -0.393 e. The van der Waals surface area contributed by atoms with Crippen molar-refractivity contribution in [2.75, 3.05) is 11.9 Å². The lowest BCUT2D eigenvalue weighted by atomic mass is 9.80. The first-order valence-corrected chi connectivity index (χ1v) is 7.79. The Kier molecular flexibility index (Phi) is 4.38. The first-order chi connectivity index (χ1) is 10.6. The van der Waals surface area contributed by atoms with Crippen LogP contribution in [0.1, 0.15) is 47.9 Å². The zero-order valence-electron chi connectivity index (χ0n) is 13.0. The maximum atomic E-state index is 9.39. The van der Waals surface area contributed by atoms with Gasteiger partial charge in [0.2, 0.25) is 0 Å². The molecule has 6 nitrogen and oxygen atoms in total. The Bertz CT molecular complexity index is 615. The molecule has 1 aliphatic carbocycles. The number of aromatic nitrogens is 3. The second-order valence-electron chi connectivity index (χ2n) is 5.98. The summed E-state index contributed by atoms with van der Waals surface area (Å²) in [4.78, 5) is 8.56. The summed E-state index contributed by atoms with van der Waals surface area (Å²) in [5, 5.41) is 16.7. The molecule has 0 aromatic carbocycles. The fourth-order valence-electron chi connectivity index (χ4n) is 2.86. The van der Waals surface area contributed by atoms with Gasteiger partial charge in [-0.2, -0.15) is 0 Å². The van der Waals surface area contributed by atoms with Crippen LogP contribution >= 0.6 is 0 Å². The van der Waals surface area contributed by atoms with E-state index in [-0.39, 0.29) is 6.10 Å². The summed E-state index contributed by atoms with van der Waals surface area (Å²) in [7, 11) is 0. The van der Waals surface area contributed by atoms with Crippen LogP contribution in [0.2, 0.25) is 0 Å². The van der Waals surface area contributed by atoms with Crippen molar-refractivity contribution in [3.05, 3.63) is 35.1 Å². The predicted molar refractivity (Wildman–Crippen MR) is 82.8 cm³/mol. The number of hydrogen-bond acceptors (Lipinski definition) is 6. The molecule has 0 aliphatic heterocycles. The summed E-state index contributed by atoms with van der Waals surface area (Å²) in [6.45, 7) is 4.77. The fraction of sp³-hybridized carbons (Fsp3) is 0.562. The van der Waals surface area contributed by atoms with Crippen molar-refractivity contribution in [3.63, 3.8) is 0 Å². The summed E-state index contributed by atoms with van der Waals surface area (Å²) in [6.07, 6.45) is 4.99. The molecule has 2 heterocycles. The van der Waals surface area contributed by atoms with Gasteiger partial charge in [-0.3, -0.25) is 0 Å². The van der Waals surface area contributed by atoms with Crippen LogP contribution in [0.25, 0.3) is 0 Å². The number of nitrogens with one attached hydrogen (secondary N) is 1. The largest absolute Gasteiger partial charge is 0.393 e. The van der Waals surface area contributed by atoms with Crippen LogP contribution in [-0.4, -0.2) is 32.9 Å². The molecule has 0 atom stereocenters. The highest BCUT2D eigenvalue weighted by Gasteiger charge is 2.29. The van der Waals surface area contributed by atoms with Crippen molar-refractivity contribution in [3.8, 4) is 0 Å². The van der Waals surface area contributed by atoms with Crippen LogP contribution in [0.15, 0.2) is 16.9 Å². The molecule has 118 valence electrons. The SMILES string of the molecule is Cc1noc(C)c1CCCNc1cc(C2CC(O)C2)ncn1. The Labute approximate surface area is 130 Å². The molecule has 0 amide bonds. The molecule has 2 aromatic heterocycles. The molecule has 22 heavy (non-hydrogen) atoms. The number of aliphatic hydroxyl groups excluding tert-OH is 1. The Hall–Kier alpha value is -1.95. The highest BCUT2D eigenvalue weighted by Crippen LogP contribution is 2.35. The van der Waals surface area contributed by atoms with E-state index >= 15 is 0 Å². The van der Waals surface area contributed by atoms with Gasteiger partial charge in [-0.15, -0.1) is 0 Å². The lowest BCUT2D eigenvalue weighted by molar-refractivity contribution is 0.0732. The van der Waals surface area contributed by atoms with Gasteiger partial charge in [-0.05, 0) is 39.5 Å². The zero-order valence-corrected chi connectivity index (χ0v) is 13.0. The predicted octanol–water partition coefficient (Wildman–Crippen LogP) is 2.36. The summed E-state index contributed by atoms with van der Waals surface area (Å²) >= 11 is 0. The first-order valence-electron chi connectivity index (χ1n) is 7.79. The van der Waals surface area contributed by atoms with E-state index in [2.05, 4.69) is 20.4 Å². The van der Waals surface area contributed by atoms with Crippen molar-refractivity contribution in [2.24, 2.45) is 0 Å². The molecule has 1 fully saturated rings. The van der Waals surface area contributed by atoms with Crippen LogP contribution in [0.5, 0.6) is 0 Å². The van der Waals surface area contributed by atoms with Gasteiger partial charge < -0.3 is 14.9 Å². The average Bonchev–Trinajstić information content (AvgIpc) is 2.80. The Balaban J connectivity index is 1.48. The fourth-order valence-corrected chi connectivity index (χ4v) is 2.86. The van der Waals surface area contributed by atoms with Gasteiger partial charge in [0, 0.05) is 29.8 Å². The standard InChI is InChI=1S/C16H22N4O2/c1-10-14(11(2)22-20-10)4-3-5-17-16-8-15(18-9-19-16)12-6-13(21)7-12/h8-9,12-13,21H,3-7H2,1-2H3,(H,17,18,19). The van der Waals surface area contributed by atoms with Crippen LogP contribution in [0, 0.1) is 13.8 Å². The number of nitrogens with zero attached hydrogens (tertiary/aromatic N) is 3. The number of hydrogen-bond donors (Lipinski definition) is 2. The molecular formula is C16H22N4O2. The van der Waals surface area contributed by atoms with Gasteiger partial charge in [0.1, 0.15) is 17.9 Å². The van der Waals surface area contributed by atoms with E-state index < -0.39 is 0 Å². The van der Waals surface area contributed by atoms with E-state index in [1.54, 1.807) is 6.33 Å². The highest BCUT2D eigenvalue weighted by atomic mass is 16.5. The topological polar surface area (TPSA) is 84.1 Å². The van der Waals surface area contributed by atoms with Gasteiger partial charge in [-0.25, -0.2) is 9.97 Å². The Morgan fingerprint density at radius 2 is 2.14 bits per heavy atom. The normalized spacial score (nSPS) is 20.7. The van der Waals surface area contributed by atoms with Gasteiger partial charge in [0.05, 0.1) is 11.8 Å². The van der Waals surface area contributed by atoms with Crippen molar-refractivity contribution in [2.45, 2.75) is 51.6 Å². The Morgan fingerprint density at radius 3 is 2.82 bits per heavy atom. The highest BCUT2D eigenvalue weighted by molar-refractivity contribution is 5.36. The molecule has 6 heteroatoms. The van der Waals surface area contributed by atoms with Crippen molar-refractivity contribution in [1.82, 2.24) is 15.1 Å². The molecule has 0 unspecified atom stereocenters. The van der Waals surface area contributed by atoms with Crippen molar-refractivity contribution >= 4 is 5.82 Å². The number of aliphatic hydroxyl groups is 1. The number of aryl methyl sites for hydroxylation is 2. The third-order valence-electron chi connectivity index (χ3n) is 4.31. The number of rotatable bonds is 6. The maximum absolute atomic E-state index is 9.39. The van der Waals surface area contributed by atoms with E-state index in [9.17, 15) is 5.11 Å². The second-order valence-corrected chi connectivity index (χ2v) is 5.98. The molecular weight excluding hydrogens is 280 g/mol. The quantitative estimate of drug-likeness (QED) is 0.797. The Morgan fingerprint density at radius 1 is 1.32 bits per heavy atom. The lowest BCUT2D eigenvalue weighted by Gasteiger charge is -2.30. The molecule has 1 aliphatic rings. The van der Waals surface area contributed by atoms with E-state index in [1.165, 1.54) is 5.56 Å². The van der Waals surface area contributed by atoms with Gasteiger partial charge in [-0.1, -0.05) is 5.16 Å². The first kappa shape index (κ1) is 15.0. The molecule has 1 saturated carbocycles. The summed E-state index contributed by atoms with van der Waals surface area (Å²) in [5.41, 5.74) is 3.20. The second kappa shape index (κ2) is 6.44. The minimum absolute atomic E-state index is 0.161. The average molecular weight is 302 g/mol. The molecule has 0 saturated heterocycles. The molecule has 0 radical (unpaired) electrons. The van der Waals surface area contributed by atoms with E-state index in [4.69, 9.17) is 4.52 Å². The monoisotopic (exact) mass is 302 g/mol. The van der Waals surface area contributed by atoms with Crippen LogP contribution in [0.3, 0.4) is 0 Å². The maximum Gasteiger partial charge on any atom is 0.137 e. The zero-order chi connectivity index (χ0) is 15.5. The summed E-state index contributed by atoms with van der Waals surface area (Å²) in [6, 6.07) is 1.99. The smallest absolute Gasteiger partial charge is 0.137 e.